The van der Waals surface area contributed by atoms with Crippen molar-refractivity contribution in [2.75, 3.05) is 0 Å². The number of benzene rings is 2. The molecule has 2 rings (SSSR count). The van der Waals surface area contributed by atoms with Gasteiger partial charge in [-0.1, -0.05) is 5.75 Å². The van der Waals surface area contributed by atoms with Crippen LogP contribution in [0.25, 0.3) is 0 Å². The molecule has 0 saturated carbocycles. The van der Waals surface area contributed by atoms with E-state index in [0.717, 1.165) is 0 Å². The van der Waals surface area contributed by atoms with Crippen molar-refractivity contribution in [2.24, 2.45) is 0 Å². The predicted octanol–water partition coefficient (Wildman–Crippen LogP) is 1.19. The fourth-order valence-corrected chi connectivity index (χ4v) is 1.78. The molecule has 6 heteroatoms. The fourth-order valence-electron chi connectivity index (χ4n) is 1.78. The summed E-state index contributed by atoms with van der Waals surface area (Å²) in [5, 5.41) is 21.8. The molecule has 2 aromatic rings. The third kappa shape index (κ3) is 3.77. The second-order valence-electron chi connectivity index (χ2n) is 4.46. The van der Waals surface area contributed by atoms with Crippen LogP contribution in [0.3, 0.4) is 0 Å². The Hall–Kier alpha value is -2.99. The summed E-state index contributed by atoms with van der Waals surface area (Å²) < 4.78 is 12.7. The van der Waals surface area contributed by atoms with Crippen LogP contribution in [-0.4, -0.2) is 16.9 Å². The average Bonchev–Trinajstić information content (AvgIpc) is 2.47. The zero-order valence-corrected chi connectivity index (χ0v) is 11.3. The summed E-state index contributed by atoms with van der Waals surface area (Å²) in [5.41, 5.74) is 0.526. The quantitative estimate of drug-likeness (QED) is 0.493. The molecule has 0 radical (unpaired) electrons. The van der Waals surface area contributed by atoms with Crippen molar-refractivity contribution >= 4 is 17.4 Å². The number of carbonyl (C=O) groups excluding carboxylic acids is 1. The zero-order valence-electron chi connectivity index (χ0n) is 11.3. The van der Waals surface area contributed by atoms with Crippen LogP contribution in [0.5, 0.6) is 5.75 Å². The predicted molar refractivity (Wildman–Crippen MR) is 74.3 cm³/mol. The highest BCUT2D eigenvalue weighted by Gasteiger charge is 2.06. The van der Waals surface area contributed by atoms with Gasteiger partial charge in [-0.2, -0.15) is 0 Å². The molecule has 0 spiro atoms. The van der Waals surface area contributed by atoms with Crippen molar-refractivity contribution in [1.29, 1.82) is 0 Å². The Morgan fingerprint density at radius 3 is 2.41 bits per heavy atom. The molecule has 5 nitrogen and oxygen atoms in total. The molecule has 0 aromatic heterocycles. The number of rotatable bonds is 5. The van der Waals surface area contributed by atoms with Crippen LogP contribution >= 0.6 is 0 Å². The van der Waals surface area contributed by atoms with E-state index in [2.05, 4.69) is 0 Å². The second-order valence-corrected chi connectivity index (χ2v) is 4.46. The number of carboxylic acids is 1. The van der Waals surface area contributed by atoms with Crippen LogP contribution in [0.4, 0.5) is 10.1 Å². The minimum absolute atomic E-state index is 0.302. The standard InChI is InChI=1S/C16H12FNO4/c17-11-3-1-10(2-4-11)14(19)7-8-18-12-5-6-13(16(21)22)15(20)9-12/h1-9,18,20H,(H,21,22)/b8-7+. The Labute approximate surface area is 125 Å². The molecular weight excluding hydrogens is 289 g/mol. The summed E-state index contributed by atoms with van der Waals surface area (Å²) >= 11 is 0. The van der Waals surface area contributed by atoms with Crippen molar-refractivity contribution in [2.45, 2.75) is 0 Å². The largest absolute Gasteiger partial charge is 0.872 e. The lowest BCUT2D eigenvalue weighted by Crippen LogP contribution is -2.71. The summed E-state index contributed by atoms with van der Waals surface area (Å²) in [6, 6.07) is 9.00. The van der Waals surface area contributed by atoms with E-state index in [1.165, 1.54) is 60.1 Å². The molecule has 112 valence electrons. The lowest BCUT2D eigenvalue weighted by molar-refractivity contribution is -0.496. The molecule has 3 N–H and O–H groups in total. The maximum Gasteiger partial charge on any atom is 0.335 e. The van der Waals surface area contributed by atoms with Crippen LogP contribution < -0.4 is 10.4 Å². The first-order valence-corrected chi connectivity index (χ1v) is 6.33. The summed E-state index contributed by atoms with van der Waals surface area (Å²) in [7, 11) is 0. The Morgan fingerprint density at radius 2 is 1.82 bits per heavy atom. The zero-order chi connectivity index (χ0) is 16.1. The van der Waals surface area contributed by atoms with E-state index >= 15 is 0 Å². The van der Waals surface area contributed by atoms with E-state index in [1.807, 2.05) is 0 Å². The molecule has 0 atom stereocenters. The summed E-state index contributed by atoms with van der Waals surface area (Å²) in [5.74, 6) is -2.60. The molecule has 0 heterocycles. The average molecular weight is 301 g/mol. The number of carbonyl (C=O) groups is 2. The molecule has 0 saturated heterocycles. The summed E-state index contributed by atoms with van der Waals surface area (Å²) in [4.78, 5) is 22.5. The van der Waals surface area contributed by atoms with Gasteiger partial charge in [0.15, 0.2) is 5.78 Å². The minimum Gasteiger partial charge on any atom is -0.872 e. The molecule has 22 heavy (non-hydrogen) atoms. The number of hydrogen-bond donors (Lipinski definition) is 2. The molecule has 0 aliphatic carbocycles. The second kappa shape index (κ2) is 6.64. The number of aromatic carboxylic acids is 1. The van der Waals surface area contributed by atoms with Crippen molar-refractivity contribution in [3.05, 3.63) is 71.7 Å². The first-order chi connectivity index (χ1) is 10.5. The monoisotopic (exact) mass is 301 g/mol. The van der Waals surface area contributed by atoms with Gasteiger partial charge in [-0.25, -0.2) is 9.18 Å². The van der Waals surface area contributed by atoms with Gasteiger partial charge in [0.1, 0.15) is 17.7 Å². The number of halogens is 1. The van der Waals surface area contributed by atoms with E-state index in [1.54, 1.807) is 0 Å². The van der Waals surface area contributed by atoms with Crippen molar-refractivity contribution in [3.63, 3.8) is 0 Å². The number of hydrogen-bond acceptors (Lipinski definition) is 3. The molecule has 0 fully saturated rings. The third-order valence-corrected chi connectivity index (χ3v) is 2.90. The number of ketones is 1. The van der Waals surface area contributed by atoms with Gasteiger partial charge in [-0.15, -0.1) is 0 Å². The molecule has 2 aromatic carbocycles. The molecule has 0 bridgehead atoms. The van der Waals surface area contributed by atoms with Gasteiger partial charge in [0.2, 0.25) is 0 Å². The van der Waals surface area contributed by atoms with Crippen LogP contribution in [0.2, 0.25) is 0 Å². The van der Waals surface area contributed by atoms with E-state index in [0.29, 0.717) is 11.3 Å². The first kappa shape index (κ1) is 15.4. The smallest absolute Gasteiger partial charge is 0.335 e. The molecule has 0 unspecified atom stereocenters. The molecular formula is C16H12FNO4. The normalized spacial score (nSPS) is 10.8. The highest BCUT2D eigenvalue weighted by molar-refractivity contribution is 6.04. The number of quaternary nitrogens is 1. The van der Waals surface area contributed by atoms with Gasteiger partial charge >= 0.3 is 5.97 Å². The van der Waals surface area contributed by atoms with Gasteiger partial charge in [0.05, 0.1) is 5.56 Å². The van der Waals surface area contributed by atoms with Crippen LogP contribution in [0.15, 0.2) is 54.7 Å². The van der Waals surface area contributed by atoms with Crippen molar-refractivity contribution < 1.29 is 29.5 Å². The molecule has 0 aliphatic heterocycles. The maximum atomic E-state index is 12.7. The highest BCUT2D eigenvalue weighted by atomic mass is 19.1. The number of allylic oxidation sites excluding steroid dienone is 1. The lowest BCUT2D eigenvalue weighted by Gasteiger charge is -2.09. The Kier molecular flexibility index (Phi) is 4.65. The SMILES string of the molecule is O=C(/C=C/[NH2+]c1ccc(C(=O)O)c([O-])c1)c1ccc(F)cc1. The van der Waals surface area contributed by atoms with E-state index < -0.39 is 17.5 Å². The van der Waals surface area contributed by atoms with Crippen molar-refractivity contribution in [3.8, 4) is 5.75 Å². The topological polar surface area (TPSA) is 94.0 Å². The van der Waals surface area contributed by atoms with Crippen LogP contribution in [0.1, 0.15) is 20.7 Å². The van der Waals surface area contributed by atoms with Gasteiger partial charge in [0, 0.05) is 17.7 Å². The summed E-state index contributed by atoms with van der Waals surface area (Å²) in [6.45, 7) is 0. The third-order valence-electron chi connectivity index (χ3n) is 2.90. The number of carboxylic acid groups (broad SMARTS) is 1. The van der Waals surface area contributed by atoms with Gasteiger partial charge in [-0.05, 0) is 36.4 Å². The highest BCUT2D eigenvalue weighted by Crippen LogP contribution is 2.16. The number of nitrogens with two attached hydrogens (primary N) is 1. The van der Waals surface area contributed by atoms with E-state index in [9.17, 15) is 19.1 Å². The Balaban J connectivity index is 2.03. The fraction of sp³-hybridized carbons (Fsp3) is 0. The molecule has 0 aliphatic rings. The Bertz CT molecular complexity index is 738. The van der Waals surface area contributed by atoms with Crippen LogP contribution in [-0.2, 0) is 0 Å². The van der Waals surface area contributed by atoms with Crippen LogP contribution in [0, 0.1) is 5.82 Å². The van der Waals surface area contributed by atoms with E-state index in [4.69, 9.17) is 5.11 Å². The lowest BCUT2D eigenvalue weighted by atomic mass is 10.1. The Morgan fingerprint density at radius 1 is 1.14 bits per heavy atom. The summed E-state index contributed by atoms with van der Waals surface area (Å²) in [6.07, 6.45) is 2.73. The molecule has 0 amide bonds. The maximum absolute atomic E-state index is 12.7. The van der Waals surface area contributed by atoms with Crippen molar-refractivity contribution in [1.82, 2.24) is 0 Å². The van der Waals surface area contributed by atoms with Gasteiger partial charge in [0.25, 0.3) is 0 Å². The minimum atomic E-state index is -1.28. The van der Waals surface area contributed by atoms with E-state index in [-0.39, 0.29) is 11.3 Å². The first-order valence-electron chi connectivity index (χ1n) is 6.33. The van der Waals surface area contributed by atoms with Gasteiger partial charge < -0.3 is 10.2 Å². The van der Waals surface area contributed by atoms with Gasteiger partial charge in [-0.3, -0.25) is 10.1 Å².